The highest BCUT2D eigenvalue weighted by Gasteiger charge is 2.10. The number of halogens is 1. The third kappa shape index (κ3) is 5.37. The van der Waals surface area contributed by atoms with Gasteiger partial charge in [0.15, 0.2) is 0 Å². The second kappa shape index (κ2) is 9.15. The lowest BCUT2D eigenvalue weighted by Crippen LogP contribution is -2.28. The lowest BCUT2D eigenvalue weighted by atomic mass is 10.1. The van der Waals surface area contributed by atoms with Crippen LogP contribution in [0.2, 0.25) is 5.02 Å². The van der Waals surface area contributed by atoms with E-state index in [1.165, 1.54) is 5.56 Å². The van der Waals surface area contributed by atoms with Gasteiger partial charge in [0.25, 0.3) is 0 Å². The summed E-state index contributed by atoms with van der Waals surface area (Å²) in [7, 11) is 1.69. The molecule has 0 aliphatic heterocycles. The summed E-state index contributed by atoms with van der Waals surface area (Å²) in [6, 6.07) is 5.87. The topological polar surface area (TPSA) is 44.7 Å². The van der Waals surface area contributed by atoms with Crippen LogP contribution in [0.1, 0.15) is 12.5 Å². The van der Waals surface area contributed by atoms with Gasteiger partial charge in [-0.15, -0.1) is 0 Å². The van der Waals surface area contributed by atoms with E-state index in [1.54, 1.807) is 7.11 Å². The summed E-state index contributed by atoms with van der Waals surface area (Å²) in [5, 5.41) is 13.2. The van der Waals surface area contributed by atoms with E-state index in [0.717, 1.165) is 25.3 Å². The van der Waals surface area contributed by atoms with E-state index in [2.05, 4.69) is 17.1 Å². The monoisotopic (exact) mass is 286 g/mol. The molecule has 1 rings (SSSR count). The van der Waals surface area contributed by atoms with Crippen LogP contribution < -0.4 is 10.2 Å². The molecular weight excluding hydrogens is 264 g/mol. The van der Waals surface area contributed by atoms with Crippen molar-refractivity contribution in [1.29, 1.82) is 0 Å². The molecular formula is C14H23ClN2O2. The van der Waals surface area contributed by atoms with Gasteiger partial charge in [0.05, 0.1) is 13.2 Å². The maximum atomic E-state index is 9.13. The minimum atomic E-state index is 0.136. The van der Waals surface area contributed by atoms with Crippen LogP contribution in [0, 0.1) is 0 Å². The molecule has 0 heterocycles. The van der Waals surface area contributed by atoms with Crippen molar-refractivity contribution in [2.75, 3.05) is 44.9 Å². The van der Waals surface area contributed by atoms with Gasteiger partial charge in [0.1, 0.15) is 0 Å². The molecule has 0 aliphatic carbocycles. The molecule has 0 aliphatic rings. The van der Waals surface area contributed by atoms with E-state index in [4.69, 9.17) is 21.4 Å². The van der Waals surface area contributed by atoms with Crippen LogP contribution in [0.5, 0.6) is 0 Å². The molecule has 19 heavy (non-hydrogen) atoms. The Hall–Kier alpha value is -0.810. The van der Waals surface area contributed by atoms with E-state index in [-0.39, 0.29) is 6.61 Å². The molecule has 1 aromatic rings. The van der Waals surface area contributed by atoms with Crippen LogP contribution in [0.4, 0.5) is 5.69 Å². The molecule has 0 saturated carbocycles. The van der Waals surface area contributed by atoms with E-state index in [1.807, 2.05) is 18.2 Å². The van der Waals surface area contributed by atoms with Crippen molar-refractivity contribution in [2.24, 2.45) is 0 Å². The summed E-state index contributed by atoms with van der Waals surface area (Å²) in [6.45, 7) is 5.92. The lowest BCUT2D eigenvalue weighted by molar-refractivity contribution is 0.199. The fraction of sp³-hybridized carbons (Fsp3) is 0.571. The number of likely N-dealkylation sites (N-methyl/N-ethyl adjacent to an activating group) is 1. The standard InChI is InChI=1S/C14H23ClN2O2/c1-3-17(7-8-18)14-10-13(15)5-4-12(14)11-16-6-9-19-2/h4-5,10,16,18H,3,6-9,11H2,1-2H3. The molecule has 0 radical (unpaired) electrons. The molecule has 0 spiro atoms. The van der Waals surface area contributed by atoms with E-state index >= 15 is 0 Å². The minimum Gasteiger partial charge on any atom is -0.395 e. The Morgan fingerprint density at radius 3 is 2.84 bits per heavy atom. The van der Waals surface area contributed by atoms with Crippen molar-refractivity contribution in [1.82, 2.24) is 5.32 Å². The Morgan fingerprint density at radius 2 is 2.21 bits per heavy atom. The SMILES string of the molecule is CCN(CCO)c1cc(Cl)ccc1CNCCOC. The highest BCUT2D eigenvalue weighted by molar-refractivity contribution is 6.30. The van der Waals surface area contributed by atoms with Crippen LogP contribution in [-0.2, 0) is 11.3 Å². The van der Waals surface area contributed by atoms with Gasteiger partial charge >= 0.3 is 0 Å². The Labute approximate surface area is 120 Å². The molecule has 0 aromatic heterocycles. The first-order valence-corrected chi connectivity index (χ1v) is 6.94. The Morgan fingerprint density at radius 1 is 1.42 bits per heavy atom. The normalized spacial score (nSPS) is 10.7. The van der Waals surface area contributed by atoms with Gasteiger partial charge in [-0.3, -0.25) is 0 Å². The first kappa shape index (κ1) is 16.2. The zero-order valence-corrected chi connectivity index (χ0v) is 12.4. The number of rotatable bonds is 9. The number of nitrogens with one attached hydrogen (secondary N) is 1. The maximum absolute atomic E-state index is 9.13. The summed E-state index contributed by atoms with van der Waals surface area (Å²) < 4.78 is 5.01. The Bertz CT molecular complexity index is 374. The van der Waals surface area contributed by atoms with Gasteiger partial charge < -0.3 is 20.1 Å². The third-order valence-corrected chi connectivity index (χ3v) is 3.17. The predicted octanol–water partition coefficient (Wildman–Crippen LogP) is 1.89. The van der Waals surface area contributed by atoms with Crippen molar-refractivity contribution >= 4 is 17.3 Å². The van der Waals surface area contributed by atoms with Gasteiger partial charge in [-0.05, 0) is 24.6 Å². The van der Waals surface area contributed by atoms with Crippen LogP contribution in [0.25, 0.3) is 0 Å². The van der Waals surface area contributed by atoms with Gasteiger partial charge in [0.2, 0.25) is 0 Å². The lowest BCUT2D eigenvalue weighted by Gasteiger charge is -2.25. The molecule has 0 amide bonds. The maximum Gasteiger partial charge on any atom is 0.0606 e. The minimum absolute atomic E-state index is 0.136. The number of methoxy groups -OCH3 is 1. The number of ether oxygens (including phenoxy) is 1. The van der Waals surface area contributed by atoms with Crippen molar-refractivity contribution in [3.8, 4) is 0 Å². The second-order valence-corrected chi connectivity index (χ2v) is 4.68. The fourth-order valence-electron chi connectivity index (χ4n) is 1.95. The summed E-state index contributed by atoms with van der Waals surface area (Å²) in [6.07, 6.45) is 0. The summed E-state index contributed by atoms with van der Waals surface area (Å²) >= 11 is 6.07. The number of aliphatic hydroxyl groups excluding tert-OH is 1. The molecule has 5 heteroatoms. The quantitative estimate of drug-likeness (QED) is 0.681. The average molecular weight is 287 g/mol. The predicted molar refractivity (Wildman–Crippen MR) is 80.0 cm³/mol. The molecule has 0 bridgehead atoms. The zero-order chi connectivity index (χ0) is 14.1. The van der Waals surface area contributed by atoms with Gasteiger partial charge in [-0.1, -0.05) is 17.7 Å². The molecule has 0 saturated heterocycles. The number of hydrogen-bond donors (Lipinski definition) is 2. The second-order valence-electron chi connectivity index (χ2n) is 4.25. The largest absolute Gasteiger partial charge is 0.395 e. The molecule has 4 nitrogen and oxygen atoms in total. The molecule has 0 fully saturated rings. The number of benzene rings is 1. The highest BCUT2D eigenvalue weighted by Crippen LogP contribution is 2.24. The molecule has 0 unspecified atom stereocenters. The van der Waals surface area contributed by atoms with Crippen LogP contribution in [0.3, 0.4) is 0 Å². The van der Waals surface area contributed by atoms with E-state index < -0.39 is 0 Å². The number of hydrogen-bond acceptors (Lipinski definition) is 4. The summed E-state index contributed by atoms with van der Waals surface area (Å²) in [5.41, 5.74) is 2.25. The van der Waals surface area contributed by atoms with Gasteiger partial charge in [-0.25, -0.2) is 0 Å². The summed E-state index contributed by atoms with van der Waals surface area (Å²) in [5.74, 6) is 0. The first-order chi connectivity index (χ1) is 9.22. The van der Waals surface area contributed by atoms with Crippen molar-refractivity contribution in [3.05, 3.63) is 28.8 Å². The first-order valence-electron chi connectivity index (χ1n) is 6.56. The highest BCUT2D eigenvalue weighted by atomic mass is 35.5. The van der Waals surface area contributed by atoms with E-state index in [0.29, 0.717) is 18.2 Å². The number of anilines is 1. The van der Waals surface area contributed by atoms with Crippen molar-refractivity contribution in [3.63, 3.8) is 0 Å². The van der Waals surface area contributed by atoms with Crippen molar-refractivity contribution in [2.45, 2.75) is 13.5 Å². The molecule has 1 aromatic carbocycles. The van der Waals surface area contributed by atoms with Crippen LogP contribution in [0.15, 0.2) is 18.2 Å². The molecule has 2 N–H and O–H groups in total. The van der Waals surface area contributed by atoms with E-state index in [9.17, 15) is 0 Å². The average Bonchev–Trinajstić information content (AvgIpc) is 2.42. The van der Waals surface area contributed by atoms with Gasteiger partial charge in [-0.2, -0.15) is 0 Å². The fourth-order valence-corrected chi connectivity index (χ4v) is 2.11. The number of aliphatic hydroxyl groups is 1. The molecule has 108 valence electrons. The third-order valence-electron chi connectivity index (χ3n) is 2.94. The van der Waals surface area contributed by atoms with Crippen LogP contribution in [-0.4, -0.2) is 45.1 Å². The summed E-state index contributed by atoms with van der Waals surface area (Å²) in [4.78, 5) is 2.12. The molecule has 0 atom stereocenters. The van der Waals surface area contributed by atoms with Crippen molar-refractivity contribution < 1.29 is 9.84 Å². The number of nitrogens with zero attached hydrogens (tertiary/aromatic N) is 1. The van der Waals surface area contributed by atoms with Crippen LogP contribution >= 0.6 is 11.6 Å². The Balaban J connectivity index is 2.78. The van der Waals surface area contributed by atoms with Gasteiger partial charge in [0, 0.05) is 44.0 Å². The zero-order valence-electron chi connectivity index (χ0n) is 11.7. The Kier molecular flexibility index (Phi) is 7.82. The smallest absolute Gasteiger partial charge is 0.0606 e.